The van der Waals surface area contributed by atoms with Crippen LogP contribution in [0, 0.1) is 0 Å². The Morgan fingerprint density at radius 2 is 0.897 bits per heavy atom. The van der Waals surface area contributed by atoms with Crippen LogP contribution >= 0.6 is 0 Å². The van der Waals surface area contributed by atoms with Gasteiger partial charge in [0.2, 0.25) is 0 Å². The third kappa shape index (κ3) is 10.6. The average Bonchev–Trinajstić information content (AvgIpc) is 2.75. The van der Waals surface area contributed by atoms with E-state index in [1.165, 1.54) is 101 Å². The monoisotopic (exact) mass is 396 g/mol. The summed E-state index contributed by atoms with van der Waals surface area (Å²) in [7, 11) is 2.05. The Kier molecular flexibility index (Phi) is 12.3. The first-order valence-electron chi connectivity index (χ1n) is 12.2. The highest BCUT2D eigenvalue weighted by molar-refractivity contribution is 5.60. The minimum atomic E-state index is 1.14. The normalized spacial score (nSPS) is 11.1. The summed E-state index contributed by atoms with van der Waals surface area (Å²) >= 11 is 0. The first kappa shape index (κ1) is 23.6. The molecule has 0 atom stereocenters. The maximum Gasteiger partial charge on any atom is 0.169 e. The van der Waals surface area contributed by atoms with Crippen LogP contribution in [-0.4, -0.2) is 0 Å². The zero-order valence-corrected chi connectivity index (χ0v) is 19.1. The lowest BCUT2D eigenvalue weighted by atomic mass is 10.0. The summed E-state index contributed by atoms with van der Waals surface area (Å²) in [6.45, 7) is 3.43. The Morgan fingerprint density at radius 3 is 1.34 bits per heavy atom. The van der Waals surface area contributed by atoms with Crippen molar-refractivity contribution in [1.29, 1.82) is 0 Å². The number of hydrogen-bond acceptors (Lipinski definition) is 0. The van der Waals surface area contributed by atoms with Crippen molar-refractivity contribution >= 4 is 0 Å². The molecule has 0 aliphatic heterocycles. The summed E-state index contributed by atoms with van der Waals surface area (Å²) in [6, 6.07) is 8.82. The van der Waals surface area contributed by atoms with Crippen molar-refractivity contribution in [2.24, 2.45) is 7.05 Å². The fourth-order valence-corrected chi connectivity index (χ4v) is 3.98. The van der Waals surface area contributed by atoms with Crippen LogP contribution in [0.2, 0.25) is 0 Å². The fourth-order valence-electron chi connectivity index (χ4n) is 3.98. The molecule has 2 rings (SSSR count). The van der Waals surface area contributed by atoms with Crippen LogP contribution in [0.5, 0.6) is 0 Å². The molecule has 0 saturated carbocycles. The van der Waals surface area contributed by atoms with Gasteiger partial charge >= 0.3 is 0 Å². The van der Waals surface area contributed by atoms with Gasteiger partial charge in [0.15, 0.2) is 24.8 Å². The van der Waals surface area contributed by atoms with Gasteiger partial charge in [-0.1, -0.05) is 84.0 Å². The number of rotatable bonds is 16. The van der Waals surface area contributed by atoms with Crippen LogP contribution in [-0.2, 0) is 13.6 Å². The summed E-state index contributed by atoms with van der Waals surface area (Å²) in [4.78, 5) is 0. The molecule has 0 saturated heterocycles. The van der Waals surface area contributed by atoms with E-state index in [0.29, 0.717) is 0 Å². The van der Waals surface area contributed by atoms with Crippen molar-refractivity contribution in [2.45, 2.75) is 103 Å². The van der Waals surface area contributed by atoms with Gasteiger partial charge in [-0.2, -0.15) is 0 Å². The summed E-state index contributed by atoms with van der Waals surface area (Å²) in [5, 5.41) is 0. The smallest absolute Gasteiger partial charge is 0.169 e. The zero-order valence-electron chi connectivity index (χ0n) is 19.1. The Balaban J connectivity index is 1.44. The maximum absolute atomic E-state index is 2.33. The van der Waals surface area contributed by atoms with Crippen LogP contribution in [0.3, 0.4) is 0 Å². The van der Waals surface area contributed by atoms with E-state index in [4.69, 9.17) is 0 Å². The van der Waals surface area contributed by atoms with Crippen molar-refractivity contribution in [3.63, 3.8) is 0 Å². The Hall–Kier alpha value is -1.70. The zero-order chi connectivity index (χ0) is 20.6. The second-order valence-corrected chi connectivity index (χ2v) is 8.67. The number of unbranched alkanes of at least 4 members (excludes halogenated alkanes) is 13. The quantitative estimate of drug-likeness (QED) is 0.214. The van der Waals surface area contributed by atoms with Crippen molar-refractivity contribution in [2.75, 3.05) is 0 Å². The van der Waals surface area contributed by atoms with Gasteiger partial charge < -0.3 is 0 Å². The van der Waals surface area contributed by atoms with Crippen molar-refractivity contribution < 1.29 is 9.13 Å². The Labute approximate surface area is 180 Å². The summed E-state index contributed by atoms with van der Waals surface area (Å²) in [6.07, 6.45) is 28.5. The Morgan fingerprint density at radius 1 is 0.517 bits per heavy atom. The molecule has 160 valence electrons. The third-order valence-electron chi connectivity index (χ3n) is 5.97. The van der Waals surface area contributed by atoms with Gasteiger partial charge in [0, 0.05) is 30.7 Å². The van der Waals surface area contributed by atoms with Crippen molar-refractivity contribution in [3.05, 3.63) is 49.1 Å². The molecular weight excluding hydrogens is 352 g/mol. The molecule has 2 heterocycles. The molecule has 0 aliphatic carbocycles. The Bertz CT molecular complexity index is 631. The lowest BCUT2D eigenvalue weighted by Gasteiger charge is -2.03. The highest BCUT2D eigenvalue weighted by Crippen LogP contribution is 2.16. The SMILES string of the molecule is CCCCCCCCCCCCCCCC[n+]1ccc(-c2cc[n+](C)cc2)cc1. The topological polar surface area (TPSA) is 7.76 Å². The summed E-state index contributed by atoms with van der Waals surface area (Å²) < 4.78 is 4.40. The van der Waals surface area contributed by atoms with Gasteiger partial charge in [-0.3, -0.25) is 0 Å². The van der Waals surface area contributed by atoms with Crippen LogP contribution < -0.4 is 9.13 Å². The van der Waals surface area contributed by atoms with Crippen molar-refractivity contribution in [1.82, 2.24) is 0 Å². The van der Waals surface area contributed by atoms with Gasteiger partial charge in [-0.15, -0.1) is 0 Å². The predicted molar refractivity (Wildman–Crippen MR) is 124 cm³/mol. The molecule has 0 radical (unpaired) electrons. The molecule has 0 spiro atoms. The van der Waals surface area contributed by atoms with Crippen LogP contribution in [0.1, 0.15) is 96.8 Å². The van der Waals surface area contributed by atoms with E-state index in [-0.39, 0.29) is 0 Å². The number of nitrogens with zero attached hydrogens (tertiary/aromatic N) is 2. The molecule has 2 nitrogen and oxygen atoms in total. The van der Waals surface area contributed by atoms with E-state index in [9.17, 15) is 0 Å². The predicted octanol–water partition coefficient (Wildman–Crippen LogP) is 6.95. The minimum Gasteiger partial charge on any atom is -0.208 e. The molecule has 0 aliphatic rings. The molecule has 0 bridgehead atoms. The van der Waals surface area contributed by atoms with Gasteiger partial charge in [-0.25, -0.2) is 9.13 Å². The lowest BCUT2D eigenvalue weighted by Crippen LogP contribution is -2.32. The molecule has 2 heteroatoms. The molecular formula is C27H44N2+2. The first-order valence-corrected chi connectivity index (χ1v) is 12.2. The number of aromatic nitrogens is 2. The van der Waals surface area contributed by atoms with Gasteiger partial charge in [0.25, 0.3) is 0 Å². The van der Waals surface area contributed by atoms with E-state index in [1.807, 2.05) is 0 Å². The largest absolute Gasteiger partial charge is 0.208 e. The number of aryl methyl sites for hydroxylation is 2. The molecule has 2 aromatic rings. The van der Waals surface area contributed by atoms with Crippen LogP contribution in [0.4, 0.5) is 0 Å². The van der Waals surface area contributed by atoms with E-state index < -0.39 is 0 Å². The first-order chi connectivity index (χ1) is 14.3. The van der Waals surface area contributed by atoms with Gasteiger partial charge in [0.1, 0.15) is 13.6 Å². The average molecular weight is 397 g/mol. The highest BCUT2D eigenvalue weighted by atomic mass is 14.9. The number of hydrogen-bond donors (Lipinski definition) is 0. The van der Waals surface area contributed by atoms with E-state index in [1.54, 1.807) is 0 Å². The lowest BCUT2D eigenvalue weighted by molar-refractivity contribution is -0.697. The molecule has 29 heavy (non-hydrogen) atoms. The molecule has 2 aromatic heterocycles. The van der Waals surface area contributed by atoms with Crippen molar-refractivity contribution in [3.8, 4) is 11.1 Å². The maximum atomic E-state index is 2.33. The minimum absolute atomic E-state index is 1.14. The van der Waals surface area contributed by atoms with Crippen LogP contribution in [0.25, 0.3) is 11.1 Å². The molecule has 0 amide bonds. The third-order valence-corrected chi connectivity index (χ3v) is 5.97. The standard InChI is InChI=1S/C27H44N2/c1-3-4-5-6-7-8-9-10-11-12-13-14-15-16-21-29-24-19-27(20-25-29)26-17-22-28(2)23-18-26/h17-20,22-25H,3-16,21H2,1-2H3/q+2. The summed E-state index contributed by atoms with van der Waals surface area (Å²) in [5.41, 5.74) is 2.58. The van der Waals surface area contributed by atoms with E-state index >= 15 is 0 Å². The van der Waals surface area contributed by atoms with Crippen LogP contribution in [0.15, 0.2) is 49.1 Å². The molecule has 0 fully saturated rings. The second-order valence-electron chi connectivity index (χ2n) is 8.67. The molecule has 0 N–H and O–H groups in total. The molecule has 0 unspecified atom stereocenters. The fraction of sp³-hybridized carbons (Fsp3) is 0.630. The highest BCUT2D eigenvalue weighted by Gasteiger charge is 2.04. The van der Waals surface area contributed by atoms with E-state index in [0.717, 1.165) is 6.54 Å². The number of pyridine rings is 2. The summed E-state index contributed by atoms with van der Waals surface area (Å²) in [5.74, 6) is 0. The second kappa shape index (κ2) is 15.2. The van der Waals surface area contributed by atoms with Gasteiger partial charge in [-0.05, 0) is 17.5 Å². The molecule has 0 aromatic carbocycles. The van der Waals surface area contributed by atoms with Gasteiger partial charge in [0.05, 0.1) is 0 Å². The van der Waals surface area contributed by atoms with E-state index in [2.05, 4.69) is 72.2 Å².